The molecule has 0 aliphatic carbocycles. The molecule has 0 amide bonds. The van der Waals surface area contributed by atoms with E-state index in [1.165, 1.54) is 11.1 Å². The minimum atomic E-state index is 0.116. The smallest absolute Gasteiger partial charge is 0.119 e. The van der Waals surface area contributed by atoms with Crippen LogP contribution in [-0.2, 0) is 6.42 Å². The van der Waals surface area contributed by atoms with Gasteiger partial charge in [-0.15, -0.1) is 0 Å². The maximum atomic E-state index is 6.21. The summed E-state index contributed by atoms with van der Waals surface area (Å²) >= 11 is 0. The molecule has 2 heteroatoms. The lowest BCUT2D eigenvalue weighted by molar-refractivity contribution is 0.152. The third-order valence-electron chi connectivity index (χ3n) is 3.86. The Kier molecular flexibility index (Phi) is 5.82. The molecule has 0 spiro atoms. The van der Waals surface area contributed by atoms with E-state index < -0.39 is 0 Å². The van der Waals surface area contributed by atoms with Gasteiger partial charge in [-0.05, 0) is 43.1 Å². The van der Waals surface area contributed by atoms with Crippen LogP contribution in [0.15, 0.2) is 54.6 Å². The van der Waals surface area contributed by atoms with Crippen molar-refractivity contribution in [2.24, 2.45) is 0 Å². The molecule has 0 aliphatic heterocycles. The lowest BCUT2D eigenvalue weighted by atomic mass is 9.99. The first kappa shape index (κ1) is 15.6. The first-order valence-corrected chi connectivity index (χ1v) is 7.76. The Morgan fingerprint density at radius 3 is 2.14 bits per heavy atom. The summed E-state index contributed by atoms with van der Waals surface area (Å²) in [6, 6.07) is 19.1. The van der Waals surface area contributed by atoms with Gasteiger partial charge in [0.25, 0.3) is 0 Å². The van der Waals surface area contributed by atoms with Crippen LogP contribution in [-0.4, -0.2) is 13.2 Å². The predicted octanol–water partition coefficient (Wildman–Crippen LogP) is 4.37. The van der Waals surface area contributed by atoms with E-state index in [-0.39, 0.29) is 12.1 Å². The highest BCUT2D eigenvalue weighted by Crippen LogP contribution is 2.24. The molecule has 0 heterocycles. The van der Waals surface area contributed by atoms with Crippen LogP contribution in [0.5, 0.6) is 5.75 Å². The zero-order valence-corrected chi connectivity index (χ0v) is 13.2. The van der Waals surface area contributed by atoms with Crippen LogP contribution in [0.25, 0.3) is 0 Å². The Balaban J connectivity index is 2.13. The molecule has 2 nitrogen and oxygen atoms in total. The molecular formula is C19H25NO. The third kappa shape index (κ3) is 4.08. The molecule has 21 heavy (non-hydrogen) atoms. The Morgan fingerprint density at radius 2 is 1.62 bits per heavy atom. The Hall–Kier alpha value is -1.80. The standard InChI is InChI=1S/C19H25NO/c1-4-15-11-13-17(14-12-15)21-18(5-2)19(20-3)16-9-7-6-8-10-16/h6-14,18-20H,4-5H2,1-3H3. The average molecular weight is 283 g/mol. The number of nitrogens with one attached hydrogen (secondary N) is 1. The lowest BCUT2D eigenvalue weighted by Crippen LogP contribution is -2.33. The van der Waals surface area contributed by atoms with Gasteiger partial charge in [-0.2, -0.15) is 0 Å². The number of likely N-dealkylation sites (N-methyl/N-ethyl adjacent to an activating group) is 1. The lowest BCUT2D eigenvalue weighted by Gasteiger charge is -2.27. The van der Waals surface area contributed by atoms with E-state index in [4.69, 9.17) is 4.74 Å². The molecule has 0 aromatic heterocycles. The number of aryl methyl sites for hydroxylation is 1. The van der Waals surface area contributed by atoms with Gasteiger partial charge in [-0.25, -0.2) is 0 Å². The van der Waals surface area contributed by atoms with Crippen LogP contribution < -0.4 is 10.1 Å². The minimum Gasteiger partial charge on any atom is -0.488 e. The molecule has 0 fully saturated rings. The number of benzene rings is 2. The van der Waals surface area contributed by atoms with Crippen molar-refractivity contribution in [3.8, 4) is 5.75 Å². The summed E-state index contributed by atoms with van der Waals surface area (Å²) in [5.41, 5.74) is 2.60. The summed E-state index contributed by atoms with van der Waals surface area (Å²) in [4.78, 5) is 0. The van der Waals surface area contributed by atoms with Gasteiger partial charge in [0.2, 0.25) is 0 Å². The van der Waals surface area contributed by atoms with Crippen LogP contribution in [0.1, 0.15) is 37.4 Å². The van der Waals surface area contributed by atoms with Gasteiger partial charge in [0, 0.05) is 0 Å². The van der Waals surface area contributed by atoms with E-state index >= 15 is 0 Å². The van der Waals surface area contributed by atoms with Crippen LogP contribution in [0.3, 0.4) is 0 Å². The van der Waals surface area contributed by atoms with Crippen molar-refractivity contribution < 1.29 is 4.74 Å². The van der Waals surface area contributed by atoms with Gasteiger partial charge in [-0.1, -0.05) is 56.3 Å². The molecule has 0 saturated carbocycles. The van der Waals surface area contributed by atoms with Gasteiger partial charge in [0.1, 0.15) is 11.9 Å². The maximum Gasteiger partial charge on any atom is 0.119 e. The topological polar surface area (TPSA) is 21.3 Å². The number of hydrogen-bond acceptors (Lipinski definition) is 2. The van der Waals surface area contributed by atoms with Crippen LogP contribution in [0.4, 0.5) is 0 Å². The zero-order valence-electron chi connectivity index (χ0n) is 13.2. The summed E-state index contributed by atoms with van der Waals surface area (Å²) in [6.45, 7) is 4.33. The summed E-state index contributed by atoms with van der Waals surface area (Å²) in [5, 5.41) is 3.39. The van der Waals surface area contributed by atoms with Gasteiger partial charge in [0.05, 0.1) is 6.04 Å². The third-order valence-corrected chi connectivity index (χ3v) is 3.86. The zero-order chi connectivity index (χ0) is 15.1. The highest BCUT2D eigenvalue weighted by molar-refractivity contribution is 5.28. The minimum absolute atomic E-state index is 0.116. The molecule has 2 rings (SSSR count). The van der Waals surface area contributed by atoms with Crippen molar-refractivity contribution in [1.29, 1.82) is 0 Å². The van der Waals surface area contributed by atoms with E-state index in [2.05, 4.69) is 67.7 Å². The molecule has 2 aromatic rings. The van der Waals surface area contributed by atoms with Gasteiger partial charge in [0.15, 0.2) is 0 Å². The second-order valence-electron chi connectivity index (χ2n) is 5.24. The Labute approximate surface area is 128 Å². The Bertz CT molecular complexity index is 521. The van der Waals surface area contributed by atoms with E-state index in [0.717, 1.165) is 18.6 Å². The Morgan fingerprint density at radius 1 is 0.952 bits per heavy atom. The molecule has 112 valence electrons. The largest absolute Gasteiger partial charge is 0.488 e. The summed E-state index contributed by atoms with van der Waals surface area (Å²) < 4.78 is 6.21. The van der Waals surface area contributed by atoms with Gasteiger partial charge >= 0.3 is 0 Å². The first-order chi connectivity index (χ1) is 10.3. The fraction of sp³-hybridized carbons (Fsp3) is 0.368. The summed E-state index contributed by atoms with van der Waals surface area (Å²) in [5.74, 6) is 0.940. The van der Waals surface area contributed by atoms with E-state index in [1.54, 1.807) is 0 Å². The average Bonchev–Trinajstić information content (AvgIpc) is 2.56. The van der Waals surface area contributed by atoms with Gasteiger partial charge in [-0.3, -0.25) is 0 Å². The monoisotopic (exact) mass is 283 g/mol. The molecular weight excluding hydrogens is 258 g/mol. The fourth-order valence-electron chi connectivity index (χ4n) is 2.59. The highest BCUT2D eigenvalue weighted by atomic mass is 16.5. The molecule has 2 atom stereocenters. The molecule has 2 aromatic carbocycles. The first-order valence-electron chi connectivity index (χ1n) is 7.76. The van der Waals surface area contributed by atoms with Crippen LogP contribution in [0, 0.1) is 0 Å². The molecule has 0 saturated heterocycles. The van der Waals surface area contributed by atoms with Crippen molar-refractivity contribution >= 4 is 0 Å². The van der Waals surface area contributed by atoms with Crippen molar-refractivity contribution in [3.05, 3.63) is 65.7 Å². The summed E-state index contributed by atoms with van der Waals surface area (Å²) in [6.07, 6.45) is 2.13. The second kappa shape index (κ2) is 7.84. The SMILES string of the molecule is CCc1ccc(OC(CC)C(NC)c2ccccc2)cc1. The quantitative estimate of drug-likeness (QED) is 0.815. The second-order valence-corrected chi connectivity index (χ2v) is 5.24. The van der Waals surface area contributed by atoms with Crippen molar-refractivity contribution in [3.63, 3.8) is 0 Å². The van der Waals surface area contributed by atoms with Crippen molar-refractivity contribution in [2.75, 3.05) is 7.05 Å². The van der Waals surface area contributed by atoms with Crippen molar-refractivity contribution in [2.45, 2.75) is 38.8 Å². The number of rotatable bonds is 7. The van der Waals surface area contributed by atoms with Crippen LogP contribution >= 0.6 is 0 Å². The molecule has 0 bridgehead atoms. The highest BCUT2D eigenvalue weighted by Gasteiger charge is 2.21. The predicted molar refractivity (Wildman–Crippen MR) is 88.8 cm³/mol. The molecule has 0 aliphatic rings. The normalized spacial score (nSPS) is 13.7. The molecule has 1 N–H and O–H groups in total. The number of ether oxygens (including phenoxy) is 1. The summed E-state index contributed by atoms with van der Waals surface area (Å²) in [7, 11) is 1.99. The van der Waals surface area contributed by atoms with Crippen LogP contribution in [0.2, 0.25) is 0 Å². The fourth-order valence-corrected chi connectivity index (χ4v) is 2.59. The van der Waals surface area contributed by atoms with E-state index in [9.17, 15) is 0 Å². The van der Waals surface area contributed by atoms with Gasteiger partial charge < -0.3 is 10.1 Å². The molecule has 2 unspecified atom stereocenters. The van der Waals surface area contributed by atoms with E-state index in [1.807, 2.05) is 13.1 Å². The molecule has 0 radical (unpaired) electrons. The van der Waals surface area contributed by atoms with Crippen molar-refractivity contribution in [1.82, 2.24) is 5.32 Å². The maximum absolute atomic E-state index is 6.21. The van der Waals surface area contributed by atoms with E-state index in [0.29, 0.717) is 0 Å². The number of hydrogen-bond donors (Lipinski definition) is 1.